The molecule has 0 fully saturated rings. The molecular weight excluding hydrogens is 285 g/mol. The van der Waals surface area contributed by atoms with Gasteiger partial charge in [-0.3, -0.25) is 0 Å². The third kappa shape index (κ3) is 2.73. The molecule has 1 atom stereocenters. The number of ether oxygens (including phenoxy) is 1. The van der Waals surface area contributed by atoms with Crippen LogP contribution in [0.25, 0.3) is 10.9 Å². The molecule has 0 saturated carbocycles. The van der Waals surface area contributed by atoms with Crippen LogP contribution < -0.4 is 5.73 Å². The Hall–Kier alpha value is -2.02. The van der Waals surface area contributed by atoms with Crippen LogP contribution in [0.2, 0.25) is 0 Å². The monoisotopic (exact) mass is 300 g/mol. The summed E-state index contributed by atoms with van der Waals surface area (Å²) in [5.74, 6) is -0.664. The Labute approximate surface area is 119 Å². The van der Waals surface area contributed by atoms with Crippen LogP contribution in [0.15, 0.2) is 24.4 Å². The highest BCUT2D eigenvalue weighted by Crippen LogP contribution is 2.37. The topological polar surface area (TPSA) is 57.2 Å². The Morgan fingerprint density at radius 1 is 1.43 bits per heavy atom. The molecule has 0 bridgehead atoms. The minimum atomic E-state index is -4.48. The fourth-order valence-electron chi connectivity index (χ4n) is 2.33. The Kier molecular flexibility index (Phi) is 3.95. The molecule has 2 aromatic rings. The van der Waals surface area contributed by atoms with Gasteiger partial charge in [-0.15, -0.1) is 0 Å². The van der Waals surface area contributed by atoms with Gasteiger partial charge >= 0.3 is 12.1 Å². The van der Waals surface area contributed by atoms with Crippen molar-refractivity contribution in [3.63, 3.8) is 0 Å². The molecule has 21 heavy (non-hydrogen) atoms. The van der Waals surface area contributed by atoms with E-state index in [0.717, 1.165) is 6.07 Å². The highest BCUT2D eigenvalue weighted by molar-refractivity contribution is 5.92. The zero-order chi connectivity index (χ0) is 15.8. The number of aryl methyl sites for hydroxylation is 1. The molecule has 2 N–H and O–H groups in total. The van der Waals surface area contributed by atoms with Crippen LogP contribution in [0, 0.1) is 0 Å². The van der Waals surface area contributed by atoms with Gasteiger partial charge in [-0.25, -0.2) is 4.79 Å². The molecule has 1 aromatic carbocycles. The van der Waals surface area contributed by atoms with Gasteiger partial charge in [-0.1, -0.05) is 12.1 Å². The number of hydrogen-bond acceptors (Lipinski definition) is 3. The molecule has 1 heterocycles. The maximum atomic E-state index is 13.1. The number of aromatic nitrogens is 1. The van der Waals surface area contributed by atoms with E-state index < -0.39 is 23.8 Å². The number of fused-ring (bicyclic) bond motifs is 1. The van der Waals surface area contributed by atoms with Crippen molar-refractivity contribution in [3.05, 3.63) is 35.5 Å². The number of hydrogen-bond donors (Lipinski definition) is 1. The Morgan fingerprint density at radius 3 is 2.67 bits per heavy atom. The van der Waals surface area contributed by atoms with Crippen LogP contribution in [0.1, 0.15) is 24.1 Å². The Morgan fingerprint density at radius 2 is 2.10 bits per heavy atom. The summed E-state index contributed by atoms with van der Waals surface area (Å²) < 4.78 is 45.3. The SMILES string of the molecule is CCOC(=O)C(N)c1cn(C)c2c(C(F)(F)F)cccc12. The molecule has 0 aliphatic heterocycles. The van der Waals surface area contributed by atoms with Crippen LogP contribution in [0.3, 0.4) is 0 Å². The fraction of sp³-hybridized carbons (Fsp3) is 0.357. The molecule has 0 amide bonds. The summed E-state index contributed by atoms with van der Waals surface area (Å²) in [6.45, 7) is 1.79. The van der Waals surface area contributed by atoms with Crippen molar-refractivity contribution in [1.82, 2.24) is 4.57 Å². The van der Waals surface area contributed by atoms with Crippen molar-refractivity contribution in [3.8, 4) is 0 Å². The summed E-state index contributed by atoms with van der Waals surface area (Å²) in [4.78, 5) is 11.7. The number of benzene rings is 1. The van der Waals surface area contributed by atoms with E-state index in [0.29, 0.717) is 10.9 Å². The highest BCUT2D eigenvalue weighted by Gasteiger charge is 2.34. The number of alkyl halides is 3. The van der Waals surface area contributed by atoms with Gasteiger partial charge in [0.05, 0.1) is 17.7 Å². The molecule has 2 rings (SSSR count). The molecule has 4 nitrogen and oxygen atoms in total. The largest absolute Gasteiger partial charge is 0.465 e. The number of para-hydroxylation sites is 1. The molecule has 0 spiro atoms. The lowest BCUT2D eigenvalue weighted by molar-refractivity contribution is -0.144. The van der Waals surface area contributed by atoms with Crippen molar-refractivity contribution in [2.45, 2.75) is 19.1 Å². The quantitative estimate of drug-likeness (QED) is 0.887. The van der Waals surface area contributed by atoms with Crippen molar-refractivity contribution >= 4 is 16.9 Å². The first-order valence-corrected chi connectivity index (χ1v) is 6.34. The van der Waals surface area contributed by atoms with Gasteiger partial charge in [0.25, 0.3) is 0 Å². The van der Waals surface area contributed by atoms with Gasteiger partial charge in [0.1, 0.15) is 6.04 Å². The van der Waals surface area contributed by atoms with Gasteiger partial charge in [-0.2, -0.15) is 13.2 Å². The average molecular weight is 300 g/mol. The van der Waals surface area contributed by atoms with Crippen molar-refractivity contribution in [2.24, 2.45) is 12.8 Å². The predicted octanol–water partition coefficient (Wildman–Crippen LogP) is 2.76. The molecule has 7 heteroatoms. The van der Waals surface area contributed by atoms with Gasteiger partial charge in [0.2, 0.25) is 0 Å². The molecular formula is C14H15F3N2O2. The lowest BCUT2D eigenvalue weighted by Crippen LogP contribution is -2.23. The summed E-state index contributed by atoms with van der Waals surface area (Å²) in [5.41, 5.74) is 5.35. The molecule has 114 valence electrons. The second kappa shape index (κ2) is 5.40. The van der Waals surface area contributed by atoms with E-state index in [-0.39, 0.29) is 12.1 Å². The summed E-state index contributed by atoms with van der Waals surface area (Å²) >= 11 is 0. The number of carbonyl (C=O) groups is 1. The number of nitrogens with zero attached hydrogens (tertiary/aromatic N) is 1. The van der Waals surface area contributed by atoms with Crippen LogP contribution in [0.5, 0.6) is 0 Å². The maximum absolute atomic E-state index is 13.1. The first-order chi connectivity index (χ1) is 9.77. The molecule has 0 saturated heterocycles. The lowest BCUT2D eigenvalue weighted by atomic mass is 10.0. The van der Waals surface area contributed by atoms with E-state index in [4.69, 9.17) is 10.5 Å². The maximum Gasteiger partial charge on any atom is 0.418 e. The number of halogens is 3. The van der Waals surface area contributed by atoms with E-state index in [1.165, 1.54) is 29.9 Å². The molecule has 0 radical (unpaired) electrons. The van der Waals surface area contributed by atoms with Crippen LogP contribution in [-0.4, -0.2) is 17.1 Å². The van der Waals surface area contributed by atoms with Crippen LogP contribution in [0.4, 0.5) is 13.2 Å². The molecule has 0 aliphatic rings. The summed E-state index contributed by atoms with van der Waals surface area (Å²) in [6.07, 6.45) is -3.04. The molecule has 0 aliphatic carbocycles. The van der Waals surface area contributed by atoms with Crippen molar-refractivity contribution in [1.29, 1.82) is 0 Å². The second-order valence-corrected chi connectivity index (χ2v) is 4.62. The van der Waals surface area contributed by atoms with Gasteiger partial charge in [0, 0.05) is 24.2 Å². The average Bonchev–Trinajstić information content (AvgIpc) is 2.74. The van der Waals surface area contributed by atoms with Gasteiger partial charge in [0.15, 0.2) is 0 Å². The Balaban J connectivity index is 2.61. The first kappa shape index (κ1) is 15.4. The zero-order valence-electron chi connectivity index (χ0n) is 11.6. The number of nitrogens with two attached hydrogens (primary N) is 1. The fourth-order valence-corrected chi connectivity index (χ4v) is 2.33. The summed E-state index contributed by atoms with van der Waals surface area (Å²) in [7, 11) is 1.49. The number of rotatable bonds is 3. The zero-order valence-corrected chi connectivity index (χ0v) is 11.6. The molecule has 1 aromatic heterocycles. The second-order valence-electron chi connectivity index (χ2n) is 4.62. The minimum absolute atomic E-state index is 0.000233. The normalized spacial score (nSPS) is 13.4. The van der Waals surface area contributed by atoms with E-state index in [2.05, 4.69) is 0 Å². The van der Waals surface area contributed by atoms with E-state index >= 15 is 0 Å². The predicted molar refractivity (Wildman–Crippen MR) is 71.5 cm³/mol. The molecule has 1 unspecified atom stereocenters. The Bertz CT molecular complexity index is 677. The van der Waals surface area contributed by atoms with Crippen LogP contribution >= 0.6 is 0 Å². The van der Waals surface area contributed by atoms with E-state index in [1.54, 1.807) is 6.92 Å². The highest BCUT2D eigenvalue weighted by atomic mass is 19.4. The van der Waals surface area contributed by atoms with Gasteiger partial charge in [-0.05, 0) is 13.0 Å². The smallest absolute Gasteiger partial charge is 0.418 e. The van der Waals surface area contributed by atoms with Crippen LogP contribution in [-0.2, 0) is 22.8 Å². The van der Waals surface area contributed by atoms with Crippen molar-refractivity contribution in [2.75, 3.05) is 6.61 Å². The lowest BCUT2D eigenvalue weighted by Gasteiger charge is -2.11. The third-order valence-corrected chi connectivity index (χ3v) is 3.21. The third-order valence-electron chi connectivity index (χ3n) is 3.21. The van der Waals surface area contributed by atoms with E-state index in [9.17, 15) is 18.0 Å². The van der Waals surface area contributed by atoms with E-state index in [1.807, 2.05) is 0 Å². The first-order valence-electron chi connectivity index (χ1n) is 6.34. The van der Waals surface area contributed by atoms with Gasteiger partial charge < -0.3 is 15.0 Å². The number of carbonyl (C=O) groups excluding carboxylic acids is 1. The van der Waals surface area contributed by atoms with Crippen molar-refractivity contribution < 1.29 is 22.7 Å². The number of esters is 1. The summed E-state index contributed by atoms with van der Waals surface area (Å²) in [6, 6.07) is 2.70. The standard InChI is InChI=1S/C14H15F3N2O2/c1-3-21-13(20)11(18)9-7-19(2)12-8(9)5-4-6-10(12)14(15,16)17/h4-7,11H,3,18H2,1-2H3. The summed E-state index contributed by atoms with van der Waals surface area (Å²) in [5, 5.41) is 0.299. The minimum Gasteiger partial charge on any atom is -0.465 e.